The average molecular weight is 223 g/mol. The molecule has 0 unspecified atom stereocenters. The Labute approximate surface area is 81.7 Å². The van der Waals surface area contributed by atoms with Crippen molar-refractivity contribution in [2.45, 2.75) is 6.42 Å². The van der Waals surface area contributed by atoms with E-state index in [4.69, 9.17) is 0 Å². The molecule has 0 bridgehead atoms. The molecule has 0 radical (unpaired) electrons. The molecule has 0 fully saturated rings. The van der Waals surface area contributed by atoms with Crippen LogP contribution in [0.3, 0.4) is 0 Å². The van der Waals surface area contributed by atoms with Gasteiger partial charge in [-0.2, -0.15) is 0 Å². The minimum atomic E-state index is 0.836. The molecule has 0 saturated carbocycles. The third-order valence-electron chi connectivity index (χ3n) is 1.65. The maximum absolute atomic E-state index is 3.97. The van der Waals surface area contributed by atoms with Crippen LogP contribution in [0.1, 0.15) is 12.0 Å². The lowest BCUT2D eigenvalue weighted by atomic mass is 10.1. The summed E-state index contributed by atoms with van der Waals surface area (Å²) >= 11 is 3.47. The molecule has 0 heterocycles. The molecule has 1 rings (SSSR count). The molecule has 0 aliphatic carbocycles. The first kappa shape index (κ1) is 9.27. The average Bonchev–Trinajstić information content (AvgIpc) is 2.05. The fourth-order valence-corrected chi connectivity index (χ4v) is 1.60. The van der Waals surface area contributed by atoms with Crippen LogP contribution in [0.5, 0.6) is 0 Å². The molecular weight excluding hydrogens is 212 g/mol. The van der Waals surface area contributed by atoms with Gasteiger partial charge in [-0.3, -0.25) is 0 Å². The normalized spacial score (nSPS) is 9.42. The van der Waals surface area contributed by atoms with Crippen LogP contribution in [0, 0.1) is 0 Å². The molecule has 1 aromatic carbocycles. The standard InChI is InChI=1S/C11H11Br/c1-3-6-9(2)10-7-4-5-8-11(10)12/h3-5,7-8H,1-2,6H2. The third-order valence-corrected chi connectivity index (χ3v) is 2.34. The molecule has 0 aliphatic rings. The monoisotopic (exact) mass is 222 g/mol. The van der Waals surface area contributed by atoms with Crippen molar-refractivity contribution in [1.29, 1.82) is 0 Å². The third kappa shape index (κ3) is 2.08. The van der Waals surface area contributed by atoms with Crippen LogP contribution >= 0.6 is 15.9 Å². The number of benzene rings is 1. The molecular formula is C11H11Br. The van der Waals surface area contributed by atoms with E-state index in [2.05, 4.69) is 35.2 Å². The molecule has 12 heavy (non-hydrogen) atoms. The summed E-state index contributed by atoms with van der Waals surface area (Å²) in [6, 6.07) is 8.07. The van der Waals surface area contributed by atoms with Crippen molar-refractivity contribution in [3.05, 3.63) is 53.5 Å². The van der Waals surface area contributed by atoms with Crippen LogP contribution in [-0.4, -0.2) is 0 Å². The summed E-state index contributed by atoms with van der Waals surface area (Å²) < 4.78 is 1.09. The van der Waals surface area contributed by atoms with Crippen LogP contribution < -0.4 is 0 Å². The van der Waals surface area contributed by atoms with Gasteiger partial charge in [-0.05, 0) is 23.6 Å². The molecule has 0 aromatic heterocycles. The lowest BCUT2D eigenvalue weighted by Gasteiger charge is -2.04. The van der Waals surface area contributed by atoms with E-state index in [0.29, 0.717) is 0 Å². The molecule has 0 saturated heterocycles. The zero-order valence-electron chi connectivity index (χ0n) is 6.89. The molecule has 62 valence electrons. The van der Waals surface area contributed by atoms with Gasteiger partial charge in [0.25, 0.3) is 0 Å². The second-order valence-electron chi connectivity index (χ2n) is 2.58. The Hall–Kier alpha value is -0.820. The highest BCUT2D eigenvalue weighted by molar-refractivity contribution is 9.10. The van der Waals surface area contributed by atoms with Gasteiger partial charge < -0.3 is 0 Å². The fraction of sp³-hybridized carbons (Fsp3) is 0.0909. The number of allylic oxidation sites excluding steroid dienone is 2. The van der Waals surface area contributed by atoms with Crippen molar-refractivity contribution >= 4 is 21.5 Å². The van der Waals surface area contributed by atoms with E-state index >= 15 is 0 Å². The fourth-order valence-electron chi connectivity index (χ4n) is 1.03. The number of hydrogen-bond donors (Lipinski definition) is 0. The van der Waals surface area contributed by atoms with Crippen molar-refractivity contribution < 1.29 is 0 Å². The SMILES string of the molecule is C=CCC(=C)c1ccccc1Br. The van der Waals surface area contributed by atoms with Gasteiger partial charge in [0.05, 0.1) is 0 Å². The van der Waals surface area contributed by atoms with E-state index in [1.165, 1.54) is 0 Å². The first-order valence-corrected chi connectivity index (χ1v) is 4.58. The number of halogens is 1. The quantitative estimate of drug-likeness (QED) is 0.678. The van der Waals surface area contributed by atoms with Gasteiger partial charge in [0.15, 0.2) is 0 Å². The smallest absolute Gasteiger partial charge is 0.0250 e. The predicted molar refractivity (Wildman–Crippen MR) is 58.0 cm³/mol. The highest BCUT2D eigenvalue weighted by Crippen LogP contribution is 2.24. The van der Waals surface area contributed by atoms with Crippen molar-refractivity contribution in [3.63, 3.8) is 0 Å². The lowest BCUT2D eigenvalue weighted by Crippen LogP contribution is -1.82. The Morgan fingerprint density at radius 2 is 2.08 bits per heavy atom. The van der Waals surface area contributed by atoms with Crippen LogP contribution in [0.4, 0.5) is 0 Å². The van der Waals surface area contributed by atoms with Crippen LogP contribution in [0.2, 0.25) is 0 Å². The first-order valence-electron chi connectivity index (χ1n) is 3.79. The minimum Gasteiger partial charge on any atom is -0.103 e. The van der Waals surface area contributed by atoms with Crippen molar-refractivity contribution in [2.24, 2.45) is 0 Å². The first-order chi connectivity index (χ1) is 5.75. The van der Waals surface area contributed by atoms with Crippen LogP contribution in [0.25, 0.3) is 5.57 Å². The van der Waals surface area contributed by atoms with Crippen LogP contribution in [-0.2, 0) is 0 Å². The van der Waals surface area contributed by atoms with Gasteiger partial charge in [0.1, 0.15) is 0 Å². The van der Waals surface area contributed by atoms with Gasteiger partial charge in [-0.1, -0.05) is 46.8 Å². The summed E-state index contributed by atoms with van der Waals surface area (Å²) in [4.78, 5) is 0. The maximum Gasteiger partial charge on any atom is 0.0250 e. The number of rotatable bonds is 3. The maximum atomic E-state index is 3.97. The minimum absolute atomic E-state index is 0.836. The summed E-state index contributed by atoms with van der Waals surface area (Å²) in [6.07, 6.45) is 2.70. The molecule has 0 amide bonds. The molecule has 0 nitrogen and oxygen atoms in total. The van der Waals surface area contributed by atoms with Gasteiger partial charge >= 0.3 is 0 Å². The molecule has 0 spiro atoms. The second-order valence-corrected chi connectivity index (χ2v) is 3.43. The zero-order valence-corrected chi connectivity index (χ0v) is 8.47. The highest BCUT2D eigenvalue weighted by atomic mass is 79.9. The summed E-state index contributed by atoms with van der Waals surface area (Å²) in [5.41, 5.74) is 2.26. The molecule has 0 aliphatic heterocycles. The molecule has 0 atom stereocenters. The van der Waals surface area contributed by atoms with Crippen molar-refractivity contribution in [2.75, 3.05) is 0 Å². The van der Waals surface area contributed by atoms with Crippen molar-refractivity contribution in [1.82, 2.24) is 0 Å². The Kier molecular flexibility index (Phi) is 3.30. The van der Waals surface area contributed by atoms with E-state index in [1.54, 1.807) is 0 Å². The van der Waals surface area contributed by atoms with E-state index in [0.717, 1.165) is 22.0 Å². The van der Waals surface area contributed by atoms with E-state index in [9.17, 15) is 0 Å². The van der Waals surface area contributed by atoms with Crippen LogP contribution in [0.15, 0.2) is 48.0 Å². The molecule has 0 N–H and O–H groups in total. The van der Waals surface area contributed by atoms with E-state index in [-0.39, 0.29) is 0 Å². The van der Waals surface area contributed by atoms with Gasteiger partial charge in [-0.15, -0.1) is 6.58 Å². The second kappa shape index (κ2) is 4.27. The lowest BCUT2D eigenvalue weighted by molar-refractivity contribution is 1.40. The van der Waals surface area contributed by atoms with Gasteiger partial charge in [-0.25, -0.2) is 0 Å². The summed E-state index contributed by atoms with van der Waals surface area (Å²) in [7, 11) is 0. The Morgan fingerprint density at radius 3 is 2.67 bits per heavy atom. The zero-order chi connectivity index (χ0) is 8.97. The van der Waals surface area contributed by atoms with Crippen molar-refractivity contribution in [3.8, 4) is 0 Å². The summed E-state index contributed by atoms with van der Waals surface area (Å²) in [6.45, 7) is 7.65. The van der Waals surface area contributed by atoms with E-state index in [1.807, 2.05) is 24.3 Å². The highest BCUT2D eigenvalue weighted by Gasteiger charge is 1.99. The Bertz CT molecular complexity index is 300. The molecule has 1 aromatic rings. The summed E-state index contributed by atoms with van der Waals surface area (Å²) in [5, 5.41) is 0. The Balaban J connectivity index is 2.94. The predicted octanol–water partition coefficient (Wildman–Crippen LogP) is 4.04. The summed E-state index contributed by atoms with van der Waals surface area (Å²) in [5.74, 6) is 0. The van der Waals surface area contributed by atoms with E-state index < -0.39 is 0 Å². The molecule has 1 heteroatoms. The largest absolute Gasteiger partial charge is 0.103 e. The number of hydrogen-bond acceptors (Lipinski definition) is 0. The Morgan fingerprint density at radius 1 is 1.42 bits per heavy atom. The van der Waals surface area contributed by atoms with Gasteiger partial charge in [0.2, 0.25) is 0 Å². The van der Waals surface area contributed by atoms with Gasteiger partial charge in [0, 0.05) is 4.47 Å². The topological polar surface area (TPSA) is 0 Å².